The van der Waals surface area contributed by atoms with Crippen LogP contribution in [0.15, 0.2) is 6.07 Å². The molecule has 0 saturated heterocycles. The minimum absolute atomic E-state index is 0.0456. The molecule has 0 unspecified atom stereocenters. The fourth-order valence-corrected chi connectivity index (χ4v) is 2.08. The van der Waals surface area contributed by atoms with Crippen molar-refractivity contribution in [3.63, 3.8) is 0 Å². The van der Waals surface area contributed by atoms with E-state index in [1.807, 2.05) is 6.07 Å². The molecule has 0 spiro atoms. The fourth-order valence-electron chi connectivity index (χ4n) is 1.05. The molecule has 1 heterocycles. The van der Waals surface area contributed by atoms with Crippen molar-refractivity contribution in [2.75, 3.05) is 5.73 Å². The van der Waals surface area contributed by atoms with Gasteiger partial charge in [0, 0.05) is 4.88 Å². The van der Waals surface area contributed by atoms with Crippen LogP contribution in [0.5, 0.6) is 0 Å². The molecular formula is C10H15NOS. The Morgan fingerprint density at radius 1 is 1.46 bits per heavy atom. The second kappa shape index (κ2) is 3.14. The lowest BCUT2D eigenvalue weighted by Crippen LogP contribution is -2.08. The van der Waals surface area contributed by atoms with E-state index in [9.17, 15) is 4.79 Å². The molecule has 0 aromatic carbocycles. The van der Waals surface area contributed by atoms with Gasteiger partial charge in [-0.15, -0.1) is 11.3 Å². The number of rotatable bonds is 1. The summed E-state index contributed by atoms with van der Waals surface area (Å²) in [6.45, 7) is 7.89. The maximum absolute atomic E-state index is 11.1. The first kappa shape index (κ1) is 10.3. The average Bonchev–Trinajstić information content (AvgIpc) is 2.29. The van der Waals surface area contributed by atoms with E-state index >= 15 is 0 Å². The molecule has 1 rings (SSSR count). The molecule has 72 valence electrons. The summed E-state index contributed by atoms with van der Waals surface area (Å²) in [6.07, 6.45) is 0. The number of nitrogen functional groups attached to an aromatic ring is 1. The van der Waals surface area contributed by atoms with Crippen LogP contribution in [-0.2, 0) is 5.41 Å². The van der Waals surface area contributed by atoms with Crippen LogP contribution < -0.4 is 5.73 Å². The summed E-state index contributed by atoms with van der Waals surface area (Å²) < 4.78 is 0. The Morgan fingerprint density at radius 3 is 2.23 bits per heavy atom. The molecule has 3 heteroatoms. The predicted molar refractivity (Wildman–Crippen MR) is 57.4 cm³/mol. The Balaban J connectivity index is 3.17. The highest BCUT2D eigenvalue weighted by molar-refractivity contribution is 7.16. The molecule has 0 aliphatic rings. The Bertz CT molecular complexity index is 333. The molecule has 0 fully saturated rings. The van der Waals surface area contributed by atoms with E-state index in [4.69, 9.17) is 5.73 Å². The third-order valence-corrected chi connectivity index (χ3v) is 3.27. The smallest absolute Gasteiger partial charge is 0.162 e. The zero-order valence-electron chi connectivity index (χ0n) is 8.47. The van der Waals surface area contributed by atoms with Crippen molar-refractivity contribution in [3.05, 3.63) is 16.5 Å². The molecule has 0 amide bonds. The first-order chi connectivity index (χ1) is 5.82. The van der Waals surface area contributed by atoms with Crippen LogP contribution in [0.1, 0.15) is 42.9 Å². The van der Waals surface area contributed by atoms with Crippen LogP contribution in [0.25, 0.3) is 0 Å². The van der Waals surface area contributed by atoms with E-state index < -0.39 is 0 Å². The lowest BCUT2D eigenvalue weighted by molar-refractivity contribution is 0.101. The average molecular weight is 197 g/mol. The highest BCUT2D eigenvalue weighted by atomic mass is 32.1. The summed E-state index contributed by atoms with van der Waals surface area (Å²) in [5.41, 5.74) is 6.47. The zero-order chi connectivity index (χ0) is 10.2. The van der Waals surface area contributed by atoms with E-state index in [0.29, 0.717) is 10.6 Å². The standard InChI is InChI=1S/C10H15NOS/c1-6(12)7-5-8(10(2,3)4)13-9(7)11/h5H,11H2,1-4H3. The number of nitrogens with two attached hydrogens (primary N) is 1. The van der Waals surface area contributed by atoms with Crippen molar-refractivity contribution in [1.29, 1.82) is 0 Å². The SMILES string of the molecule is CC(=O)c1cc(C(C)(C)C)sc1N. The van der Waals surface area contributed by atoms with E-state index in [0.717, 1.165) is 4.88 Å². The van der Waals surface area contributed by atoms with Gasteiger partial charge < -0.3 is 5.73 Å². The first-order valence-corrected chi connectivity index (χ1v) is 5.04. The first-order valence-electron chi connectivity index (χ1n) is 4.23. The Morgan fingerprint density at radius 2 is 2.00 bits per heavy atom. The van der Waals surface area contributed by atoms with Gasteiger partial charge in [-0.05, 0) is 18.4 Å². The summed E-state index contributed by atoms with van der Waals surface area (Å²) in [4.78, 5) is 12.3. The molecule has 0 atom stereocenters. The van der Waals surface area contributed by atoms with Crippen LogP contribution >= 0.6 is 11.3 Å². The molecular weight excluding hydrogens is 182 g/mol. The maximum atomic E-state index is 11.1. The molecule has 0 saturated carbocycles. The molecule has 2 N–H and O–H groups in total. The molecule has 2 nitrogen and oxygen atoms in total. The van der Waals surface area contributed by atoms with Gasteiger partial charge in [0.25, 0.3) is 0 Å². The molecule has 0 radical (unpaired) electrons. The van der Waals surface area contributed by atoms with Gasteiger partial charge in [-0.2, -0.15) is 0 Å². The van der Waals surface area contributed by atoms with Gasteiger partial charge in [0.05, 0.1) is 10.6 Å². The molecule has 1 aromatic heterocycles. The van der Waals surface area contributed by atoms with Gasteiger partial charge >= 0.3 is 0 Å². The van der Waals surface area contributed by atoms with Crippen LogP contribution in [-0.4, -0.2) is 5.78 Å². The minimum atomic E-state index is 0.0456. The van der Waals surface area contributed by atoms with Crippen LogP contribution in [0.2, 0.25) is 0 Å². The van der Waals surface area contributed by atoms with Crippen LogP contribution in [0.4, 0.5) is 5.00 Å². The maximum Gasteiger partial charge on any atom is 0.162 e. The number of carbonyl (C=O) groups is 1. The van der Waals surface area contributed by atoms with Crippen molar-refractivity contribution >= 4 is 22.1 Å². The second-order valence-corrected chi connectivity index (χ2v) is 5.28. The van der Waals surface area contributed by atoms with Gasteiger partial charge in [-0.1, -0.05) is 20.8 Å². The number of Topliss-reactive ketones (excluding diaryl/α,β-unsaturated/α-hetero) is 1. The van der Waals surface area contributed by atoms with Crippen LogP contribution in [0.3, 0.4) is 0 Å². The van der Waals surface area contributed by atoms with Crippen molar-refractivity contribution in [3.8, 4) is 0 Å². The number of hydrogen-bond donors (Lipinski definition) is 1. The van der Waals surface area contributed by atoms with Crippen molar-refractivity contribution < 1.29 is 4.79 Å². The topological polar surface area (TPSA) is 43.1 Å². The van der Waals surface area contributed by atoms with E-state index in [1.54, 1.807) is 6.92 Å². The summed E-state index contributed by atoms with van der Waals surface area (Å²) >= 11 is 1.51. The number of anilines is 1. The van der Waals surface area contributed by atoms with Gasteiger partial charge in [0.2, 0.25) is 0 Å². The number of hydrogen-bond acceptors (Lipinski definition) is 3. The Hall–Kier alpha value is -0.830. The molecule has 0 aliphatic heterocycles. The second-order valence-electron chi connectivity index (χ2n) is 4.19. The summed E-state index contributed by atoms with van der Waals surface area (Å²) in [6, 6.07) is 1.91. The third kappa shape index (κ3) is 2.10. The summed E-state index contributed by atoms with van der Waals surface area (Å²) in [7, 11) is 0. The number of thiophene rings is 1. The van der Waals surface area contributed by atoms with Crippen molar-refractivity contribution in [1.82, 2.24) is 0 Å². The monoisotopic (exact) mass is 197 g/mol. The highest BCUT2D eigenvalue weighted by Gasteiger charge is 2.19. The Labute approximate surface area is 82.8 Å². The molecule has 0 bridgehead atoms. The quantitative estimate of drug-likeness (QED) is 0.703. The van der Waals surface area contributed by atoms with Gasteiger partial charge in [-0.3, -0.25) is 4.79 Å². The summed E-state index contributed by atoms with van der Waals surface area (Å²) in [5.74, 6) is 0.0456. The number of ketones is 1. The fraction of sp³-hybridized carbons (Fsp3) is 0.500. The van der Waals surface area contributed by atoms with E-state index in [-0.39, 0.29) is 11.2 Å². The zero-order valence-corrected chi connectivity index (χ0v) is 9.29. The largest absolute Gasteiger partial charge is 0.390 e. The Kier molecular flexibility index (Phi) is 2.48. The lowest BCUT2D eigenvalue weighted by Gasteiger charge is -2.14. The van der Waals surface area contributed by atoms with Crippen molar-refractivity contribution in [2.45, 2.75) is 33.1 Å². The van der Waals surface area contributed by atoms with Crippen LogP contribution in [0, 0.1) is 0 Å². The van der Waals surface area contributed by atoms with E-state index in [2.05, 4.69) is 20.8 Å². The van der Waals surface area contributed by atoms with E-state index in [1.165, 1.54) is 11.3 Å². The molecule has 1 aromatic rings. The third-order valence-electron chi connectivity index (χ3n) is 1.88. The van der Waals surface area contributed by atoms with Gasteiger partial charge in [0.1, 0.15) is 0 Å². The normalized spacial score (nSPS) is 11.7. The highest BCUT2D eigenvalue weighted by Crippen LogP contribution is 2.34. The lowest BCUT2D eigenvalue weighted by atomic mass is 9.94. The predicted octanol–water partition coefficient (Wildman–Crippen LogP) is 2.83. The van der Waals surface area contributed by atoms with Gasteiger partial charge in [-0.25, -0.2) is 0 Å². The summed E-state index contributed by atoms with van der Waals surface area (Å²) in [5, 5.41) is 0.637. The van der Waals surface area contributed by atoms with Gasteiger partial charge in [0.15, 0.2) is 5.78 Å². The minimum Gasteiger partial charge on any atom is -0.390 e. The molecule has 0 aliphatic carbocycles. The van der Waals surface area contributed by atoms with Crippen molar-refractivity contribution in [2.24, 2.45) is 0 Å². The molecule has 13 heavy (non-hydrogen) atoms. The number of carbonyl (C=O) groups excluding carboxylic acids is 1.